The third-order valence-corrected chi connectivity index (χ3v) is 3.68. The number of carbonyl (C=O) groups excluding carboxylic acids is 2. The molecule has 0 heterocycles. The predicted molar refractivity (Wildman–Crippen MR) is 92.8 cm³/mol. The highest BCUT2D eigenvalue weighted by Crippen LogP contribution is 2.16. The SMILES string of the molecule is NC(=O)c1ccccc1NC(=S)NC(=O)c1ccccc1Br. The molecule has 0 aromatic heterocycles. The molecule has 0 aliphatic rings. The van der Waals surface area contributed by atoms with E-state index in [1.54, 1.807) is 48.5 Å². The van der Waals surface area contributed by atoms with Gasteiger partial charge in [-0.25, -0.2) is 0 Å². The lowest BCUT2D eigenvalue weighted by Crippen LogP contribution is -2.34. The van der Waals surface area contributed by atoms with Crippen LogP contribution in [0.25, 0.3) is 0 Å². The second kappa shape index (κ2) is 7.15. The van der Waals surface area contributed by atoms with E-state index in [0.717, 1.165) is 0 Å². The molecule has 0 saturated heterocycles. The summed E-state index contributed by atoms with van der Waals surface area (Å²) in [7, 11) is 0. The lowest BCUT2D eigenvalue weighted by molar-refractivity contribution is 0.0975. The second-order valence-electron chi connectivity index (χ2n) is 4.30. The number of nitrogens with one attached hydrogen (secondary N) is 2. The molecule has 22 heavy (non-hydrogen) atoms. The molecule has 0 fully saturated rings. The van der Waals surface area contributed by atoms with Crippen LogP contribution in [0.1, 0.15) is 20.7 Å². The van der Waals surface area contributed by atoms with Gasteiger partial charge in [-0.3, -0.25) is 14.9 Å². The van der Waals surface area contributed by atoms with Gasteiger partial charge in [0.25, 0.3) is 11.8 Å². The Balaban J connectivity index is 2.10. The van der Waals surface area contributed by atoms with Crippen molar-refractivity contribution in [3.63, 3.8) is 0 Å². The highest BCUT2D eigenvalue weighted by Gasteiger charge is 2.13. The lowest BCUT2D eigenvalue weighted by atomic mass is 10.1. The van der Waals surface area contributed by atoms with Gasteiger partial charge in [-0.05, 0) is 52.4 Å². The number of carbonyl (C=O) groups is 2. The molecule has 2 aromatic carbocycles. The summed E-state index contributed by atoms with van der Waals surface area (Å²) in [6.07, 6.45) is 0. The van der Waals surface area contributed by atoms with Crippen LogP contribution in [0.15, 0.2) is 53.0 Å². The third-order valence-electron chi connectivity index (χ3n) is 2.79. The van der Waals surface area contributed by atoms with Crippen molar-refractivity contribution in [3.8, 4) is 0 Å². The average molecular weight is 378 g/mol. The van der Waals surface area contributed by atoms with Crippen LogP contribution in [-0.4, -0.2) is 16.9 Å². The van der Waals surface area contributed by atoms with Gasteiger partial charge in [0, 0.05) is 4.47 Å². The number of hydrogen-bond acceptors (Lipinski definition) is 3. The number of hydrogen-bond donors (Lipinski definition) is 3. The Morgan fingerprint density at radius 3 is 2.23 bits per heavy atom. The minimum absolute atomic E-state index is 0.0782. The summed E-state index contributed by atoms with van der Waals surface area (Å²) in [4.78, 5) is 23.5. The summed E-state index contributed by atoms with van der Waals surface area (Å²) in [5, 5.41) is 5.42. The van der Waals surface area contributed by atoms with Crippen molar-refractivity contribution in [3.05, 3.63) is 64.1 Å². The van der Waals surface area contributed by atoms with E-state index in [2.05, 4.69) is 26.6 Å². The number of para-hydroxylation sites is 1. The maximum atomic E-state index is 12.1. The molecule has 0 spiro atoms. The molecule has 0 aliphatic heterocycles. The van der Waals surface area contributed by atoms with Crippen molar-refractivity contribution < 1.29 is 9.59 Å². The van der Waals surface area contributed by atoms with Crippen LogP contribution in [0.4, 0.5) is 5.69 Å². The van der Waals surface area contributed by atoms with Crippen molar-refractivity contribution in [1.82, 2.24) is 5.32 Å². The molecule has 0 bridgehead atoms. The molecule has 0 aliphatic carbocycles. The van der Waals surface area contributed by atoms with Crippen LogP contribution in [0, 0.1) is 0 Å². The highest BCUT2D eigenvalue weighted by atomic mass is 79.9. The summed E-state index contributed by atoms with van der Waals surface area (Å²) in [5.74, 6) is -0.940. The number of nitrogens with two attached hydrogens (primary N) is 1. The van der Waals surface area contributed by atoms with E-state index in [9.17, 15) is 9.59 Å². The Bertz CT molecular complexity index is 749. The smallest absolute Gasteiger partial charge is 0.258 e. The van der Waals surface area contributed by atoms with Crippen molar-refractivity contribution in [1.29, 1.82) is 0 Å². The number of halogens is 1. The average Bonchev–Trinajstić information content (AvgIpc) is 2.47. The summed E-state index contributed by atoms with van der Waals surface area (Å²) < 4.78 is 0.660. The maximum absolute atomic E-state index is 12.1. The van der Waals surface area contributed by atoms with Crippen molar-refractivity contribution in [2.24, 2.45) is 5.73 Å². The van der Waals surface area contributed by atoms with E-state index in [1.807, 2.05) is 0 Å². The van der Waals surface area contributed by atoms with E-state index in [1.165, 1.54) is 0 Å². The quantitative estimate of drug-likeness (QED) is 0.717. The number of primary amides is 1. The van der Waals surface area contributed by atoms with Gasteiger partial charge in [0.1, 0.15) is 0 Å². The molecule has 7 heteroatoms. The maximum Gasteiger partial charge on any atom is 0.258 e. The van der Waals surface area contributed by atoms with E-state index in [4.69, 9.17) is 18.0 Å². The predicted octanol–water partition coefficient (Wildman–Crippen LogP) is 2.67. The molecule has 0 atom stereocenters. The van der Waals surface area contributed by atoms with Crippen LogP contribution >= 0.6 is 28.1 Å². The standard InChI is InChI=1S/C15H12BrN3O2S/c16-11-7-3-1-5-9(11)14(21)19-15(22)18-12-8-4-2-6-10(12)13(17)20/h1-8H,(H2,17,20)(H2,18,19,21,22). The van der Waals surface area contributed by atoms with E-state index in [-0.39, 0.29) is 11.0 Å². The lowest BCUT2D eigenvalue weighted by Gasteiger charge is -2.12. The van der Waals surface area contributed by atoms with Gasteiger partial charge in [-0.1, -0.05) is 24.3 Å². The van der Waals surface area contributed by atoms with Crippen molar-refractivity contribution >= 4 is 50.8 Å². The van der Waals surface area contributed by atoms with Crippen molar-refractivity contribution in [2.45, 2.75) is 0 Å². The number of anilines is 1. The first-order valence-electron chi connectivity index (χ1n) is 6.24. The third kappa shape index (κ3) is 3.90. The molecule has 0 unspecified atom stereocenters. The normalized spacial score (nSPS) is 9.86. The first-order chi connectivity index (χ1) is 10.5. The molecule has 112 valence electrons. The summed E-state index contributed by atoms with van der Waals surface area (Å²) in [6.45, 7) is 0. The summed E-state index contributed by atoms with van der Waals surface area (Å²) in [6, 6.07) is 13.6. The number of thiocarbonyl (C=S) groups is 1. The molecule has 2 amide bonds. The Morgan fingerprint density at radius 2 is 1.59 bits per heavy atom. The summed E-state index contributed by atoms with van der Waals surface area (Å²) in [5.41, 5.74) is 6.47. The first-order valence-corrected chi connectivity index (χ1v) is 7.45. The number of rotatable bonds is 3. The van der Waals surface area contributed by atoms with Crippen LogP contribution in [-0.2, 0) is 0 Å². The van der Waals surface area contributed by atoms with Gasteiger partial charge in [0.15, 0.2) is 5.11 Å². The fourth-order valence-corrected chi connectivity index (χ4v) is 2.44. The molecular formula is C15H12BrN3O2S. The van der Waals surface area contributed by atoms with Gasteiger partial charge >= 0.3 is 0 Å². The molecule has 5 nitrogen and oxygen atoms in total. The molecule has 2 rings (SSSR count). The molecule has 2 aromatic rings. The van der Waals surface area contributed by atoms with E-state index >= 15 is 0 Å². The topological polar surface area (TPSA) is 84.2 Å². The minimum Gasteiger partial charge on any atom is -0.366 e. The van der Waals surface area contributed by atoms with Gasteiger partial charge in [0.2, 0.25) is 0 Å². The van der Waals surface area contributed by atoms with E-state index < -0.39 is 5.91 Å². The minimum atomic E-state index is -0.581. The monoisotopic (exact) mass is 377 g/mol. The fraction of sp³-hybridized carbons (Fsp3) is 0. The molecular weight excluding hydrogens is 366 g/mol. The Labute approximate surface area is 141 Å². The van der Waals surface area contributed by atoms with Crippen LogP contribution in [0.2, 0.25) is 0 Å². The fourth-order valence-electron chi connectivity index (χ4n) is 1.78. The Hall–Kier alpha value is -2.25. The zero-order valence-electron chi connectivity index (χ0n) is 11.3. The zero-order valence-corrected chi connectivity index (χ0v) is 13.7. The Morgan fingerprint density at radius 1 is 1.00 bits per heavy atom. The second-order valence-corrected chi connectivity index (χ2v) is 5.56. The van der Waals surface area contributed by atoms with Crippen molar-refractivity contribution in [2.75, 3.05) is 5.32 Å². The van der Waals surface area contributed by atoms with Crippen LogP contribution < -0.4 is 16.4 Å². The van der Waals surface area contributed by atoms with E-state index in [0.29, 0.717) is 21.3 Å². The number of amides is 2. The largest absolute Gasteiger partial charge is 0.366 e. The van der Waals surface area contributed by atoms with Gasteiger partial charge < -0.3 is 11.1 Å². The zero-order chi connectivity index (χ0) is 16.1. The van der Waals surface area contributed by atoms with Crippen LogP contribution in [0.5, 0.6) is 0 Å². The Kier molecular flexibility index (Phi) is 5.24. The van der Waals surface area contributed by atoms with Gasteiger partial charge in [0.05, 0.1) is 16.8 Å². The molecule has 0 saturated carbocycles. The first kappa shape index (κ1) is 16.1. The van der Waals surface area contributed by atoms with Crippen LogP contribution in [0.3, 0.4) is 0 Å². The highest BCUT2D eigenvalue weighted by molar-refractivity contribution is 9.10. The van der Waals surface area contributed by atoms with Gasteiger partial charge in [-0.2, -0.15) is 0 Å². The number of benzene rings is 2. The molecule has 0 radical (unpaired) electrons. The summed E-state index contributed by atoms with van der Waals surface area (Å²) >= 11 is 8.39. The molecule has 4 N–H and O–H groups in total. The van der Waals surface area contributed by atoms with Gasteiger partial charge in [-0.15, -0.1) is 0 Å².